The molecule has 35 heavy (non-hydrogen) atoms. The number of anilines is 2. The van der Waals surface area contributed by atoms with Crippen LogP contribution in [0.15, 0.2) is 33.5 Å². The van der Waals surface area contributed by atoms with Crippen molar-refractivity contribution in [2.24, 2.45) is 0 Å². The van der Waals surface area contributed by atoms with Gasteiger partial charge in [-0.05, 0) is 77.1 Å². The van der Waals surface area contributed by atoms with Crippen LogP contribution < -0.4 is 10.6 Å². The molecule has 2 aromatic rings. The monoisotopic (exact) mass is 644 g/mol. The summed E-state index contributed by atoms with van der Waals surface area (Å²) in [5, 5.41) is 4.93. The molecule has 196 valence electrons. The van der Waals surface area contributed by atoms with E-state index in [4.69, 9.17) is 0 Å². The maximum Gasteiger partial charge on any atom is 0.417 e. The van der Waals surface area contributed by atoms with Crippen molar-refractivity contribution < 1.29 is 39.5 Å². The summed E-state index contributed by atoms with van der Waals surface area (Å²) in [6.45, 7) is 2.78. The van der Waals surface area contributed by atoms with Gasteiger partial charge in [0.25, 0.3) is 0 Å². The molecule has 1 aliphatic rings. The second kappa shape index (κ2) is 10.7. The first-order valence-corrected chi connectivity index (χ1v) is 11.5. The highest BCUT2D eigenvalue weighted by atomic mass is 79.9. The predicted molar refractivity (Wildman–Crippen MR) is 119 cm³/mol. The average molecular weight is 646 g/mol. The van der Waals surface area contributed by atoms with Crippen LogP contribution in [-0.2, 0) is 12.4 Å². The van der Waals surface area contributed by atoms with E-state index in [2.05, 4.69) is 47.1 Å². The Morgan fingerprint density at radius 1 is 0.829 bits per heavy atom. The van der Waals surface area contributed by atoms with Gasteiger partial charge in [-0.1, -0.05) is 0 Å². The van der Waals surface area contributed by atoms with Crippen molar-refractivity contribution in [2.75, 3.05) is 10.6 Å². The Morgan fingerprint density at radius 2 is 1.26 bits per heavy atom. The molecule has 2 aromatic heterocycles. The maximum absolute atomic E-state index is 12.7. The SMILES string of the molecule is CC1(Nc2cc(C(F)(F)F)c(Br)cn2)CCC1.C[C@H](Nc1cc(C(F)(F)F)c(Br)cn1)C(F)(F)F. The lowest BCUT2D eigenvalue weighted by Gasteiger charge is -2.39. The molecule has 2 N–H and O–H groups in total. The molecule has 0 spiro atoms. The average Bonchev–Trinajstić information content (AvgIpc) is 2.67. The number of alkyl halides is 9. The minimum Gasteiger partial charge on any atom is -0.365 e. The number of pyridine rings is 2. The number of nitrogens with zero attached hydrogens (tertiary/aromatic N) is 2. The molecule has 2 heterocycles. The Bertz CT molecular complexity index is 1020. The molecule has 0 aromatic carbocycles. The van der Waals surface area contributed by atoms with E-state index < -0.39 is 41.5 Å². The van der Waals surface area contributed by atoms with E-state index in [-0.39, 0.29) is 20.3 Å². The van der Waals surface area contributed by atoms with E-state index in [0.29, 0.717) is 6.07 Å². The quantitative estimate of drug-likeness (QED) is 0.328. The van der Waals surface area contributed by atoms with Crippen LogP contribution >= 0.6 is 31.9 Å². The Balaban J connectivity index is 0.000000247. The Labute approximate surface area is 211 Å². The van der Waals surface area contributed by atoms with Crippen molar-refractivity contribution in [1.29, 1.82) is 0 Å². The van der Waals surface area contributed by atoms with Crippen molar-refractivity contribution in [3.63, 3.8) is 0 Å². The predicted octanol–water partition coefficient (Wildman–Crippen LogP) is 8.44. The topological polar surface area (TPSA) is 49.8 Å². The minimum atomic E-state index is -4.67. The molecule has 0 saturated heterocycles. The molecular formula is C20H19Br2F9N4. The van der Waals surface area contributed by atoms with Gasteiger partial charge in [0, 0.05) is 26.9 Å². The van der Waals surface area contributed by atoms with Gasteiger partial charge in [0.1, 0.15) is 17.7 Å². The zero-order chi connectivity index (χ0) is 26.8. The lowest BCUT2D eigenvalue weighted by molar-refractivity contribution is -0.139. The number of halogens is 11. The van der Waals surface area contributed by atoms with Gasteiger partial charge in [-0.3, -0.25) is 0 Å². The molecule has 3 rings (SSSR count). The van der Waals surface area contributed by atoms with E-state index in [1.165, 1.54) is 6.20 Å². The highest BCUT2D eigenvalue weighted by Crippen LogP contribution is 2.39. The van der Waals surface area contributed by atoms with Crippen LogP contribution in [0.25, 0.3) is 0 Å². The molecule has 0 unspecified atom stereocenters. The van der Waals surface area contributed by atoms with Crippen LogP contribution in [0.2, 0.25) is 0 Å². The van der Waals surface area contributed by atoms with E-state index in [1.807, 2.05) is 12.2 Å². The van der Waals surface area contributed by atoms with Crippen LogP contribution in [0.4, 0.5) is 51.1 Å². The highest BCUT2D eigenvalue weighted by Gasteiger charge is 2.38. The third-order valence-electron chi connectivity index (χ3n) is 5.06. The van der Waals surface area contributed by atoms with Crippen LogP contribution in [0, 0.1) is 0 Å². The minimum absolute atomic E-state index is 0.0330. The van der Waals surface area contributed by atoms with E-state index in [1.54, 1.807) is 0 Å². The van der Waals surface area contributed by atoms with E-state index in [9.17, 15) is 39.5 Å². The molecular weight excluding hydrogens is 627 g/mol. The maximum atomic E-state index is 12.7. The summed E-state index contributed by atoms with van der Waals surface area (Å²) in [5.74, 6) is -0.210. The van der Waals surface area contributed by atoms with Crippen molar-refractivity contribution in [1.82, 2.24) is 9.97 Å². The molecule has 1 saturated carbocycles. The van der Waals surface area contributed by atoms with Gasteiger partial charge in [-0.2, -0.15) is 39.5 Å². The van der Waals surface area contributed by atoms with Crippen molar-refractivity contribution in [2.45, 2.75) is 63.2 Å². The van der Waals surface area contributed by atoms with Crippen LogP contribution in [0.1, 0.15) is 44.2 Å². The second-order valence-electron chi connectivity index (χ2n) is 8.04. The summed E-state index contributed by atoms with van der Waals surface area (Å²) in [5.41, 5.74) is -1.89. The highest BCUT2D eigenvalue weighted by molar-refractivity contribution is 9.10. The molecule has 0 amide bonds. The number of hydrogen-bond acceptors (Lipinski definition) is 4. The molecule has 1 atom stereocenters. The fourth-order valence-electron chi connectivity index (χ4n) is 2.90. The van der Waals surface area contributed by atoms with Gasteiger partial charge in [0.2, 0.25) is 0 Å². The molecule has 0 aliphatic heterocycles. The van der Waals surface area contributed by atoms with Crippen molar-refractivity contribution in [3.05, 3.63) is 44.6 Å². The van der Waals surface area contributed by atoms with Crippen LogP contribution in [0.5, 0.6) is 0 Å². The van der Waals surface area contributed by atoms with E-state index >= 15 is 0 Å². The first-order valence-electron chi connectivity index (χ1n) is 9.89. The molecule has 0 radical (unpaired) electrons. The largest absolute Gasteiger partial charge is 0.417 e. The Kier molecular flexibility index (Phi) is 9.00. The second-order valence-corrected chi connectivity index (χ2v) is 9.75. The number of nitrogens with one attached hydrogen (secondary N) is 2. The summed E-state index contributed by atoms with van der Waals surface area (Å²) in [6, 6.07) is -0.424. The smallest absolute Gasteiger partial charge is 0.365 e. The van der Waals surface area contributed by atoms with E-state index in [0.717, 1.165) is 38.4 Å². The third kappa shape index (κ3) is 8.40. The van der Waals surface area contributed by atoms with Crippen molar-refractivity contribution in [3.8, 4) is 0 Å². The summed E-state index contributed by atoms with van der Waals surface area (Å²) in [4.78, 5) is 7.41. The summed E-state index contributed by atoms with van der Waals surface area (Å²) in [6.07, 6.45) is -8.57. The lowest BCUT2D eigenvalue weighted by Crippen LogP contribution is -2.41. The standard InChI is InChI=1S/C11H12BrF3N2.C9H7BrF6N2/c1-10(3-2-4-10)17-9-5-7(11(13,14)15)8(12)6-16-9;1-4(8(11,12)13)18-7-2-5(9(14,15)16)6(10)3-17-7/h5-6H,2-4H2,1H3,(H,16,17);2-4H,1H3,(H,17,18)/t;4-/m.0/s1. The van der Waals surface area contributed by atoms with Crippen LogP contribution in [0.3, 0.4) is 0 Å². The normalized spacial score (nSPS) is 16.5. The third-order valence-corrected chi connectivity index (χ3v) is 6.33. The summed E-state index contributed by atoms with van der Waals surface area (Å²) < 4.78 is 112. The Hall–Kier alpha value is -1.77. The van der Waals surface area contributed by atoms with Gasteiger partial charge in [-0.15, -0.1) is 0 Å². The van der Waals surface area contributed by atoms with Gasteiger partial charge in [0.05, 0.1) is 11.1 Å². The zero-order valence-electron chi connectivity index (χ0n) is 18.1. The number of rotatable bonds is 4. The number of hydrogen-bond donors (Lipinski definition) is 2. The van der Waals surface area contributed by atoms with Gasteiger partial charge < -0.3 is 10.6 Å². The fourth-order valence-corrected chi connectivity index (χ4v) is 3.79. The summed E-state index contributed by atoms with van der Waals surface area (Å²) in [7, 11) is 0. The molecule has 1 fully saturated rings. The van der Waals surface area contributed by atoms with Crippen LogP contribution in [-0.4, -0.2) is 27.7 Å². The Morgan fingerprint density at radius 3 is 1.63 bits per heavy atom. The fraction of sp³-hybridized carbons (Fsp3) is 0.500. The number of aromatic nitrogens is 2. The zero-order valence-corrected chi connectivity index (χ0v) is 21.2. The first-order chi connectivity index (χ1) is 15.8. The first kappa shape index (κ1) is 29.5. The van der Waals surface area contributed by atoms with Crippen molar-refractivity contribution >= 4 is 43.5 Å². The molecule has 15 heteroatoms. The molecule has 0 bridgehead atoms. The summed E-state index contributed by atoms with van der Waals surface area (Å²) >= 11 is 5.51. The van der Waals surface area contributed by atoms with Gasteiger partial charge >= 0.3 is 18.5 Å². The molecule has 4 nitrogen and oxygen atoms in total. The van der Waals surface area contributed by atoms with Gasteiger partial charge in [0.15, 0.2) is 0 Å². The molecule has 1 aliphatic carbocycles. The van der Waals surface area contributed by atoms with Gasteiger partial charge in [-0.25, -0.2) is 9.97 Å². The lowest BCUT2D eigenvalue weighted by atomic mass is 9.78.